The van der Waals surface area contributed by atoms with Crippen molar-refractivity contribution in [1.82, 2.24) is 4.90 Å². The van der Waals surface area contributed by atoms with Crippen LogP contribution >= 0.6 is 11.6 Å². The third-order valence-electron chi connectivity index (χ3n) is 6.22. The molecule has 0 bridgehead atoms. The molecule has 7 nitrogen and oxygen atoms in total. The van der Waals surface area contributed by atoms with E-state index in [0.717, 1.165) is 25.7 Å². The van der Waals surface area contributed by atoms with Gasteiger partial charge in [0.2, 0.25) is 11.8 Å². The van der Waals surface area contributed by atoms with Gasteiger partial charge in [-0.05, 0) is 55.2 Å². The summed E-state index contributed by atoms with van der Waals surface area (Å²) in [7, 11) is -2.54. The molecule has 2 amide bonds. The summed E-state index contributed by atoms with van der Waals surface area (Å²) in [5.41, 5.74) is 1.34. The quantitative estimate of drug-likeness (QED) is 0.632. The molecule has 1 aliphatic heterocycles. The molecule has 2 aliphatic rings. The van der Waals surface area contributed by atoms with Gasteiger partial charge in [-0.2, -0.15) is 0 Å². The van der Waals surface area contributed by atoms with Gasteiger partial charge in [-0.3, -0.25) is 19.2 Å². The third kappa shape index (κ3) is 4.21. The average Bonchev–Trinajstić information content (AvgIpc) is 3.00. The highest BCUT2D eigenvalue weighted by atomic mass is 35.5. The van der Waals surface area contributed by atoms with Crippen molar-refractivity contribution in [3.8, 4) is 5.75 Å². The maximum absolute atomic E-state index is 13.2. The second-order valence-electron chi connectivity index (χ2n) is 8.31. The number of imide groups is 1. The molecule has 170 valence electrons. The normalized spacial score (nSPS) is 20.9. The summed E-state index contributed by atoms with van der Waals surface area (Å²) in [6.07, 6.45) is 3.40. The van der Waals surface area contributed by atoms with Gasteiger partial charge < -0.3 is 4.74 Å². The molecule has 0 radical (unpaired) electrons. The first-order valence-corrected chi connectivity index (χ1v) is 12.4. The average molecular weight is 477 g/mol. The molecule has 2 aromatic carbocycles. The Bertz CT molecular complexity index is 1160. The number of hydrogen-bond acceptors (Lipinski definition) is 5. The number of nitrogens with one attached hydrogen (secondary N) is 1. The fraction of sp³-hybridized carbons (Fsp3) is 0.391. The lowest BCUT2D eigenvalue weighted by Crippen LogP contribution is -2.30. The molecule has 0 unspecified atom stereocenters. The highest BCUT2D eigenvalue weighted by molar-refractivity contribution is 7.92. The Kier molecular flexibility index (Phi) is 6.18. The number of halogens is 1. The van der Waals surface area contributed by atoms with Gasteiger partial charge in [0.25, 0.3) is 10.0 Å². The number of aryl methyl sites for hydroxylation is 1. The minimum atomic E-state index is -3.97. The molecule has 1 aliphatic carbocycles. The number of ether oxygens (including phenoxy) is 1. The number of sulfonamides is 1. The molecular weight excluding hydrogens is 452 g/mol. The predicted molar refractivity (Wildman–Crippen MR) is 121 cm³/mol. The molecule has 0 aromatic heterocycles. The molecule has 1 saturated carbocycles. The summed E-state index contributed by atoms with van der Waals surface area (Å²) in [6.45, 7) is 1.75. The summed E-state index contributed by atoms with van der Waals surface area (Å²) < 4.78 is 34.1. The Morgan fingerprint density at radius 3 is 2.34 bits per heavy atom. The number of carbonyl (C=O) groups excluding carboxylic acids is 2. The van der Waals surface area contributed by atoms with Crippen molar-refractivity contribution in [3.63, 3.8) is 0 Å². The summed E-state index contributed by atoms with van der Waals surface area (Å²) in [5, 5.41) is 0.362. The number of nitrogens with zero attached hydrogens (tertiary/aromatic N) is 1. The molecule has 0 spiro atoms. The Hall–Kier alpha value is -2.58. The van der Waals surface area contributed by atoms with Crippen LogP contribution in [0.3, 0.4) is 0 Å². The monoisotopic (exact) mass is 476 g/mol. The third-order valence-corrected chi connectivity index (χ3v) is 7.96. The summed E-state index contributed by atoms with van der Waals surface area (Å²) in [5.74, 6) is -0.427. The van der Waals surface area contributed by atoms with E-state index in [4.69, 9.17) is 16.3 Å². The summed E-state index contributed by atoms with van der Waals surface area (Å²) in [6, 6.07) is 9.59. The van der Waals surface area contributed by atoms with Gasteiger partial charge in [-0.25, -0.2) is 8.42 Å². The van der Waals surface area contributed by atoms with Crippen LogP contribution in [0.25, 0.3) is 0 Å². The molecule has 1 heterocycles. The van der Waals surface area contributed by atoms with Gasteiger partial charge in [-0.15, -0.1) is 0 Å². The number of anilines is 1. The fourth-order valence-corrected chi connectivity index (χ4v) is 6.09. The zero-order valence-corrected chi connectivity index (χ0v) is 19.5. The highest BCUT2D eigenvalue weighted by Gasteiger charge is 2.47. The van der Waals surface area contributed by atoms with Crippen molar-refractivity contribution in [2.45, 2.75) is 44.0 Å². The van der Waals surface area contributed by atoms with E-state index in [1.54, 1.807) is 31.2 Å². The van der Waals surface area contributed by atoms with Crippen LogP contribution in [0.2, 0.25) is 5.02 Å². The number of fused-ring (bicyclic) bond motifs is 1. The van der Waals surface area contributed by atoms with E-state index in [0.29, 0.717) is 21.9 Å². The minimum absolute atomic E-state index is 0.0634. The summed E-state index contributed by atoms with van der Waals surface area (Å²) >= 11 is 6.02. The Morgan fingerprint density at radius 2 is 1.72 bits per heavy atom. The lowest BCUT2D eigenvalue weighted by atomic mass is 9.81. The number of benzene rings is 2. The molecule has 2 aromatic rings. The Morgan fingerprint density at radius 1 is 1.06 bits per heavy atom. The maximum Gasteiger partial charge on any atom is 0.262 e. The van der Waals surface area contributed by atoms with Gasteiger partial charge in [-0.1, -0.05) is 36.6 Å². The van der Waals surface area contributed by atoms with Crippen molar-refractivity contribution >= 4 is 39.1 Å². The molecular formula is C23H25ClN2O5S. The van der Waals surface area contributed by atoms with Crippen LogP contribution in [0.15, 0.2) is 41.3 Å². The Balaban J connectivity index is 1.61. The zero-order valence-electron chi connectivity index (χ0n) is 17.9. The van der Waals surface area contributed by atoms with E-state index in [2.05, 4.69) is 4.72 Å². The zero-order chi connectivity index (χ0) is 23.0. The number of hydrogen-bond donors (Lipinski definition) is 1. The highest BCUT2D eigenvalue weighted by Crippen LogP contribution is 2.39. The van der Waals surface area contributed by atoms with Crippen LogP contribution in [0.5, 0.6) is 5.75 Å². The molecule has 2 atom stereocenters. The first-order valence-electron chi connectivity index (χ1n) is 10.5. The number of methoxy groups -OCH3 is 1. The van der Waals surface area contributed by atoms with Crippen LogP contribution in [-0.2, 0) is 26.2 Å². The molecule has 1 N–H and O–H groups in total. The van der Waals surface area contributed by atoms with Crippen molar-refractivity contribution in [1.29, 1.82) is 0 Å². The SMILES string of the molecule is COc1ccc(Cl)cc1NS(=O)(=O)c1cc(CN2C(=O)[C@@H]3CCCC[C@H]3C2=O)ccc1C. The smallest absolute Gasteiger partial charge is 0.262 e. The van der Waals surface area contributed by atoms with Crippen LogP contribution in [0.1, 0.15) is 36.8 Å². The number of likely N-dealkylation sites (tertiary alicyclic amines) is 1. The lowest BCUT2D eigenvalue weighted by Gasteiger charge is -2.19. The molecule has 4 rings (SSSR count). The molecule has 1 saturated heterocycles. The van der Waals surface area contributed by atoms with Crippen molar-refractivity contribution in [2.24, 2.45) is 11.8 Å². The van der Waals surface area contributed by atoms with Crippen molar-refractivity contribution in [3.05, 3.63) is 52.5 Å². The van der Waals surface area contributed by atoms with Crippen molar-refractivity contribution in [2.75, 3.05) is 11.8 Å². The van der Waals surface area contributed by atoms with Gasteiger partial charge >= 0.3 is 0 Å². The van der Waals surface area contributed by atoms with E-state index >= 15 is 0 Å². The van der Waals surface area contributed by atoms with Crippen LogP contribution < -0.4 is 9.46 Å². The fourth-order valence-electron chi connectivity index (χ4n) is 4.56. The van der Waals surface area contributed by atoms with Crippen LogP contribution in [-0.4, -0.2) is 32.2 Å². The van der Waals surface area contributed by atoms with Gasteiger partial charge in [0.15, 0.2) is 0 Å². The number of carbonyl (C=O) groups is 2. The van der Waals surface area contributed by atoms with Gasteiger partial charge in [0.05, 0.1) is 36.1 Å². The Labute approximate surface area is 192 Å². The second kappa shape index (κ2) is 8.75. The topological polar surface area (TPSA) is 92.8 Å². The van der Waals surface area contributed by atoms with Crippen molar-refractivity contribution < 1.29 is 22.7 Å². The van der Waals surface area contributed by atoms with Gasteiger partial charge in [0.1, 0.15) is 5.75 Å². The van der Waals surface area contributed by atoms with Gasteiger partial charge in [0, 0.05) is 5.02 Å². The first-order chi connectivity index (χ1) is 15.2. The number of amides is 2. The lowest BCUT2D eigenvalue weighted by molar-refractivity contribution is -0.140. The van der Waals surface area contributed by atoms with E-state index < -0.39 is 10.0 Å². The van der Waals surface area contributed by atoms with E-state index in [1.807, 2.05) is 0 Å². The standard InChI is InChI=1S/C23H25ClN2O5S/c1-14-7-8-15(13-26-22(27)17-5-3-4-6-18(17)23(26)28)11-21(14)32(29,30)25-19-12-16(24)9-10-20(19)31-2/h7-12,17-18,25H,3-6,13H2,1-2H3/t17-,18-/m1/s1. The predicted octanol–water partition coefficient (Wildman–Crippen LogP) is 4.13. The van der Waals surface area contributed by atoms with E-state index in [-0.39, 0.29) is 40.8 Å². The minimum Gasteiger partial charge on any atom is -0.495 e. The maximum atomic E-state index is 13.2. The van der Waals surface area contributed by atoms with Crippen LogP contribution in [0.4, 0.5) is 5.69 Å². The molecule has 2 fully saturated rings. The largest absolute Gasteiger partial charge is 0.495 e. The van der Waals surface area contributed by atoms with Crippen LogP contribution in [0, 0.1) is 18.8 Å². The van der Waals surface area contributed by atoms with E-state index in [1.165, 1.54) is 24.1 Å². The molecule has 32 heavy (non-hydrogen) atoms. The second-order valence-corrected chi connectivity index (χ2v) is 10.4. The van der Waals surface area contributed by atoms with E-state index in [9.17, 15) is 18.0 Å². The summed E-state index contributed by atoms with van der Waals surface area (Å²) in [4.78, 5) is 26.9. The molecule has 9 heteroatoms. The first kappa shape index (κ1) is 22.6. The number of rotatable bonds is 6.